The fourth-order valence-electron chi connectivity index (χ4n) is 2.66. The molecule has 3 rings (SSSR count). The zero-order valence-electron chi connectivity index (χ0n) is 15.7. The third-order valence-electron chi connectivity index (χ3n) is 3.96. The Kier molecular flexibility index (Phi) is 10.1. The zero-order chi connectivity index (χ0) is 19.9. The summed E-state index contributed by atoms with van der Waals surface area (Å²) in [7, 11) is 0. The van der Waals surface area contributed by atoms with E-state index in [4.69, 9.17) is 32.7 Å². The van der Waals surface area contributed by atoms with E-state index >= 15 is 0 Å². The Labute approximate surface area is 199 Å². The molecule has 0 fully saturated rings. The highest BCUT2D eigenvalue weighted by Gasteiger charge is 2.13. The molecule has 0 saturated carbocycles. The monoisotopic (exact) mass is 535 g/mol. The average molecular weight is 538 g/mol. The van der Waals surface area contributed by atoms with Gasteiger partial charge in [0.05, 0.1) is 11.1 Å². The molecule has 0 aliphatic carbocycles. The summed E-state index contributed by atoms with van der Waals surface area (Å²) in [6.45, 7) is 4.41. The number of nitrogens with one attached hydrogen (secondary N) is 1. The summed E-state index contributed by atoms with van der Waals surface area (Å²) in [5, 5.41) is 6.72. The normalized spacial score (nSPS) is 10.5. The zero-order valence-corrected chi connectivity index (χ0v) is 20.4. The molecule has 1 N–H and O–H groups in total. The van der Waals surface area contributed by atoms with Crippen molar-refractivity contribution in [3.05, 3.63) is 78.4 Å². The van der Waals surface area contributed by atoms with Crippen molar-refractivity contribution >= 4 is 62.9 Å². The third kappa shape index (κ3) is 7.06. The van der Waals surface area contributed by atoms with Gasteiger partial charge < -0.3 is 14.8 Å². The lowest BCUT2D eigenvalue weighted by Gasteiger charge is -2.16. The van der Waals surface area contributed by atoms with Gasteiger partial charge in [-0.2, -0.15) is 0 Å². The second-order valence-electron chi connectivity index (χ2n) is 6.05. The van der Waals surface area contributed by atoms with Crippen LogP contribution in [0.3, 0.4) is 0 Å². The fraction of sp³-hybridized carbons (Fsp3) is 0.238. The third-order valence-corrected chi connectivity index (χ3v) is 6.02. The van der Waals surface area contributed by atoms with Crippen molar-refractivity contribution in [1.82, 2.24) is 5.32 Å². The molecule has 0 atom stereocenters. The van der Waals surface area contributed by atoms with Gasteiger partial charge in [-0.15, -0.1) is 23.7 Å². The van der Waals surface area contributed by atoms with Gasteiger partial charge in [0.1, 0.15) is 6.61 Å². The lowest BCUT2D eigenvalue weighted by atomic mass is 10.2. The first-order valence-electron chi connectivity index (χ1n) is 8.82. The molecule has 0 aliphatic heterocycles. The maximum absolute atomic E-state index is 6.25. The highest BCUT2D eigenvalue weighted by molar-refractivity contribution is 9.10. The van der Waals surface area contributed by atoms with E-state index in [1.165, 1.54) is 4.88 Å². The molecule has 0 aliphatic rings. The quantitative estimate of drug-likeness (QED) is 0.306. The predicted molar refractivity (Wildman–Crippen MR) is 128 cm³/mol. The second kappa shape index (κ2) is 12.0. The molecule has 8 heteroatoms. The van der Waals surface area contributed by atoms with Crippen molar-refractivity contribution in [3.63, 3.8) is 0 Å². The topological polar surface area (TPSA) is 30.5 Å². The molecule has 0 amide bonds. The highest BCUT2D eigenvalue weighted by Crippen LogP contribution is 2.38. The maximum Gasteiger partial charge on any atom is 0.175 e. The molecule has 1 heterocycles. The first-order valence-corrected chi connectivity index (χ1v) is 11.2. The van der Waals surface area contributed by atoms with Crippen LogP contribution in [0.25, 0.3) is 0 Å². The molecule has 0 unspecified atom stereocenters. The Morgan fingerprint density at radius 1 is 1.07 bits per heavy atom. The van der Waals surface area contributed by atoms with Crippen molar-refractivity contribution in [3.8, 4) is 11.5 Å². The van der Waals surface area contributed by atoms with Gasteiger partial charge in [-0.1, -0.05) is 35.3 Å². The molecule has 1 aromatic heterocycles. The largest absolute Gasteiger partial charge is 0.490 e. The Morgan fingerprint density at radius 2 is 1.90 bits per heavy atom. The van der Waals surface area contributed by atoms with E-state index in [1.807, 2.05) is 25.1 Å². The summed E-state index contributed by atoms with van der Waals surface area (Å²) < 4.78 is 12.7. The number of halogens is 4. The van der Waals surface area contributed by atoms with Crippen LogP contribution in [-0.2, 0) is 19.7 Å². The van der Waals surface area contributed by atoms with Gasteiger partial charge in [-0.25, -0.2) is 0 Å². The summed E-state index contributed by atoms with van der Waals surface area (Å²) in [4.78, 5) is 1.31. The molecule has 0 saturated heterocycles. The average Bonchev–Trinajstić information content (AvgIpc) is 3.16. The first kappa shape index (κ1) is 24.3. The van der Waals surface area contributed by atoms with Crippen LogP contribution < -0.4 is 14.8 Å². The van der Waals surface area contributed by atoms with E-state index < -0.39 is 0 Å². The minimum atomic E-state index is 0. The number of hydrogen-bond acceptors (Lipinski definition) is 4. The van der Waals surface area contributed by atoms with E-state index in [0.717, 1.165) is 28.7 Å². The van der Waals surface area contributed by atoms with E-state index in [2.05, 4.69) is 38.8 Å². The van der Waals surface area contributed by atoms with E-state index in [9.17, 15) is 0 Å². The first-order chi connectivity index (χ1) is 13.6. The van der Waals surface area contributed by atoms with Crippen LogP contribution in [0.4, 0.5) is 0 Å². The molecule has 0 radical (unpaired) electrons. The second-order valence-corrected chi connectivity index (χ2v) is 8.78. The van der Waals surface area contributed by atoms with Crippen LogP contribution in [0.2, 0.25) is 10.0 Å². The molecule has 2 aromatic carbocycles. The van der Waals surface area contributed by atoms with E-state index in [-0.39, 0.29) is 12.4 Å². The molecular formula is C21H21BrCl3NO2S. The fourth-order valence-corrected chi connectivity index (χ4v) is 4.40. The summed E-state index contributed by atoms with van der Waals surface area (Å²) in [5.41, 5.74) is 1.98. The van der Waals surface area contributed by atoms with Gasteiger partial charge in [0.2, 0.25) is 0 Å². The van der Waals surface area contributed by atoms with Gasteiger partial charge in [0.15, 0.2) is 11.5 Å². The SMILES string of the molecule is CCOc1cc(CNCc2cccs2)cc(Br)c1OCc1ccc(Cl)cc1Cl.Cl. The Morgan fingerprint density at radius 3 is 2.59 bits per heavy atom. The Bertz CT molecular complexity index is 923. The molecule has 0 spiro atoms. The van der Waals surface area contributed by atoms with Crippen LogP contribution in [0.1, 0.15) is 22.9 Å². The van der Waals surface area contributed by atoms with Crippen molar-refractivity contribution in [2.75, 3.05) is 6.61 Å². The number of rotatable bonds is 9. The number of thiophene rings is 1. The lowest BCUT2D eigenvalue weighted by molar-refractivity contribution is 0.267. The summed E-state index contributed by atoms with van der Waals surface area (Å²) in [6, 6.07) is 13.6. The molecule has 29 heavy (non-hydrogen) atoms. The maximum atomic E-state index is 6.25. The summed E-state index contributed by atoms with van der Waals surface area (Å²) in [5.74, 6) is 1.37. The minimum Gasteiger partial charge on any atom is -0.490 e. The number of hydrogen-bond donors (Lipinski definition) is 1. The van der Waals surface area contributed by atoms with E-state index in [0.29, 0.717) is 34.8 Å². The molecule has 156 valence electrons. The number of benzene rings is 2. The molecule has 3 nitrogen and oxygen atoms in total. The van der Waals surface area contributed by atoms with Crippen molar-refractivity contribution in [2.45, 2.75) is 26.6 Å². The van der Waals surface area contributed by atoms with Gasteiger partial charge in [-0.3, -0.25) is 0 Å². The highest BCUT2D eigenvalue weighted by atomic mass is 79.9. The van der Waals surface area contributed by atoms with Crippen LogP contribution in [0.15, 0.2) is 52.3 Å². The van der Waals surface area contributed by atoms with Crippen LogP contribution in [0.5, 0.6) is 11.5 Å². The van der Waals surface area contributed by atoms with Gasteiger partial charge in [0, 0.05) is 33.6 Å². The van der Waals surface area contributed by atoms with Crippen LogP contribution in [0, 0.1) is 0 Å². The standard InChI is InChI=1S/C21H20BrCl2NO2S.ClH/c1-2-26-20-9-14(11-25-12-17-4-3-7-28-17)8-18(22)21(20)27-13-15-5-6-16(23)10-19(15)24;/h3-10,25H,2,11-13H2,1H3;1H. The van der Waals surface area contributed by atoms with Gasteiger partial charge in [-0.05, 0) is 64.1 Å². The molecule has 3 aromatic rings. The van der Waals surface area contributed by atoms with Crippen molar-refractivity contribution in [2.24, 2.45) is 0 Å². The molecular weight excluding hydrogens is 517 g/mol. The van der Waals surface area contributed by atoms with Crippen LogP contribution in [-0.4, -0.2) is 6.61 Å². The van der Waals surface area contributed by atoms with Crippen LogP contribution >= 0.6 is 62.9 Å². The smallest absolute Gasteiger partial charge is 0.175 e. The summed E-state index contributed by atoms with van der Waals surface area (Å²) in [6.07, 6.45) is 0. The van der Waals surface area contributed by atoms with Gasteiger partial charge in [0.25, 0.3) is 0 Å². The van der Waals surface area contributed by atoms with E-state index in [1.54, 1.807) is 23.5 Å². The lowest BCUT2D eigenvalue weighted by Crippen LogP contribution is -2.12. The Balaban J connectivity index is 0.00000300. The summed E-state index contributed by atoms with van der Waals surface area (Å²) >= 11 is 17.6. The van der Waals surface area contributed by atoms with Crippen molar-refractivity contribution < 1.29 is 9.47 Å². The predicted octanol–water partition coefficient (Wildman–Crippen LogP) is 7.51. The minimum absolute atomic E-state index is 0. The number of ether oxygens (including phenoxy) is 2. The Hall–Kier alpha value is -0.950. The molecule has 0 bridgehead atoms. The van der Waals surface area contributed by atoms with Gasteiger partial charge >= 0.3 is 0 Å². The van der Waals surface area contributed by atoms with Crippen molar-refractivity contribution in [1.29, 1.82) is 0 Å².